The highest BCUT2D eigenvalue weighted by Crippen LogP contribution is 2.52. The fourth-order valence-corrected chi connectivity index (χ4v) is 7.24. The molecule has 2 fully saturated rings. The Hall–Kier alpha value is -1.69. The van der Waals surface area contributed by atoms with Gasteiger partial charge in [-0.1, -0.05) is 63.2 Å². The summed E-state index contributed by atoms with van der Waals surface area (Å²) >= 11 is 0. The van der Waals surface area contributed by atoms with Crippen molar-refractivity contribution < 1.29 is 13.5 Å². The lowest BCUT2D eigenvalue weighted by Gasteiger charge is -2.54. The van der Waals surface area contributed by atoms with E-state index in [2.05, 4.69) is 32.9 Å². The van der Waals surface area contributed by atoms with Crippen LogP contribution in [0.3, 0.4) is 0 Å². The van der Waals surface area contributed by atoms with Gasteiger partial charge in [0, 0.05) is 13.1 Å². The van der Waals surface area contributed by atoms with E-state index in [0.29, 0.717) is 30.3 Å². The molecule has 1 saturated heterocycles. The third-order valence-corrected chi connectivity index (χ3v) is 9.55. The van der Waals surface area contributed by atoms with E-state index in [4.69, 9.17) is 0 Å². The Morgan fingerprint density at radius 1 is 1.03 bits per heavy atom. The quantitative estimate of drug-likeness (QED) is 0.693. The second kappa shape index (κ2) is 8.27. The second-order valence-corrected chi connectivity index (χ2v) is 13.3. The number of aliphatic hydroxyl groups is 1. The van der Waals surface area contributed by atoms with Crippen molar-refractivity contribution in [3.8, 4) is 0 Å². The number of sulfonamides is 1. The zero-order valence-corrected chi connectivity index (χ0v) is 20.7. The van der Waals surface area contributed by atoms with Gasteiger partial charge in [-0.15, -0.1) is 0 Å². The Morgan fingerprint density at radius 2 is 1.69 bits per heavy atom. The van der Waals surface area contributed by atoms with E-state index < -0.39 is 15.6 Å². The lowest BCUT2D eigenvalue weighted by Crippen LogP contribution is -2.56. The van der Waals surface area contributed by atoms with Crippen LogP contribution in [-0.2, 0) is 21.9 Å². The van der Waals surface area contributed by atoms with Crippen molar-refractivity contribution in [2.24, 2.45) is 11.3 Å². The van der Waals surface area contributed by atoms with Gasteiger partial charge in [0.05, 0.1) is 10.5 Å². The fraction of sp³-hybridized carbons (Fsp3) is 0.556. The molecule has 0 unspecified atom stereocenters. The zero-order chi connectivity index (χ0) is 23.2. The van der Waals surface area contributed by atoms with Crippen LogP contribution in [0.5, 0.6) is 0 Å². The molecule has 1 N–H and O–H groups in total. The molecule has 2 aromatic rings. The minimum atomic E-state index is -3.56. The normalized spacial score (nSPS) is 29.5. The molecule has 0 radical (unpaired) electrons. The summed E-state index contributed by atoms with van der Waals surface area (Å²) in [5.41, 5.74) is 1.56. The predicted molar refractivity (Wildman–Crippen MR) is 129 cm³/mol. The molecule has 2 aliphatic rings. The first-order valence-corrected chi connectivity index (χ1v) is 13.2. The molecule has 1 heterocycles. The summed E-state index contributed by atoms with van der Waals surface area (Å²) in [7, 11) is -3.56. The van der Waals surface area contributed by atoms with Crippen molar-refractivity contribution in [2.45, 2.75) is 75.7 Å². The number of rotatable bonds is 4. The van der Waals surface area contributed by atoms with Crippen LogP contribution in [0.4, 0.5) is 0 Å². The highest BCUT2D eigenvalue weighted by atomic mass is 32.2. The Labute approximate surface area is 193 Å². The number of benzene rings is 2. The SMILES string of the molecule is CC(C)(C)c1ccc(S(=O)(=O)N2CC[C@H]3C[C@@](C)(O)CC[C@]3(Cc3ccccc3)C2)cc1. The molecule has 32 heavy (non-hydrogen) atoms. The van der Waals surface area contributed by atoms with Crippen LogP contribution in [0.15, 0.2) is 59.5 Å². The van der Waals surface area contributed by atoms with E-state index in [1.54, 1.807) is 16.4 Å². The van der Waals surface area contributed by atoms with Gasteiger partial charge >= 0.3 is 0 Å². The zero-order valence-electron chi connectivity index (χ0n) is 19.8. The number of fused-ring (bicyclic) bond motifs is 1. The second-order valence-electron chi connectivity index (χ2n) is 11.3. The van der Waals surface area contributed by atoms with Crippen molar-refractivity contribution in [2.75, 3.05) is 13.1 Å². The summed E-state index contributed by atoms with van der Waals surface area (Å²) in [5, 5.41) is 10.8. The maximum atomic E-state index is 13.6. The third-order valence-electron chi connectivity index (χ3n) is 7.69. The molecule has 0 spiro atoms. The Bertz CT molecular complexity index is 1040. The first kappa shape index (κ1) is 23.5. The Kier molecular flexibility index (Phi) is 6.06. The standard InChI is InChI=1S/C27H37NO3S/c1-25(2,3)22-10-12-24(13-11-22)32(30,31)28-17-14-23-19-26(4,29)15-16-27(23,20-28)18-21-8-6-5-7-9-21/h5-13,23,29H,14-20H2,1-4H3/t23-,26-,27-/m0/s1. The van der Waals surface area contributed by atoms with Crippen LogP contribution >= 0.6 is 0 Å². The van der Waals surface area contributed by atoms with Crippen LogP contribution < -0.4 is 0 Å². The molecule has 1 aliphatic carbocycles. The number of hydrogen-bond acceptors (Lipinski definition) is 3. The van der Waals surface area contributed by atoms with Crippen LogP contribution in [-0.4, -0.2) is 36.5 Å². The highest BCUT2D eigenvalue weighted by Gasteiger charge is 2.51. The van der Waals surface area contributed by atoms with E-state index in [1.807, 2.05) is 37.3 Å². The predicted octanol–water partition coefficient (Wildman–Crippen LogP) is 5.16. The summed E-state index contributed by atoms with van der Waals surface area (Å²) in [6.07, 6.45) is 3.94. The van der Waals surface area contributed by atoms with E-state index in [0.717, 1.165) is 31.2 Å². The highest BCUT2D eigenvalue weighted by molar-refractivity contribution is 7.89. The average molecular weight is 456 g/mol. The van der Waals surface area contributed by atoms with Crippen molar-refractivity contribution >= 4 is 10.0 Å². The molecule has 1 aliphatic heterocycles. The Balaban J connectivity index is 1.63. The number of piperidine rings is 1. The van der Waals surface area contributed by atoms with Crippen molar-refractivity contribution in [1.82, 2.24) is 4.31 Å². The fourth-order valence-electron chi connectivity index (χ4n) is 5.69. The topological polar surface area (TPSA) is 57.6 Å². The van der Waals surface area contributed by atoms with Gasteiger partial charge in [-0.05, 0) is 79.0 Å². The summed E-state index contributed by atoms with van der Waals surface area (Å²) in [6, 6.07) is 17.8. The lowest BCUT2D eigenvalue weighted by atomic mass is 9.57. The maximum Gasteiger partial charge on any atom is 0.243 e. The van der Waals surface area contributed by atoms with Gasteiger partial charge in [-0.2, -0.15) is 4.31 Å². The van der Waals surface area contributed by atoms with Gasteiger partial charge in [0.2, 0.25) is 10.0 Å². The molecular formula is C27H37NO3S. The molecule has 4 nitrogen and oxygen atoms in total. The number of hydrogen-bond donors (Lipinski definition) is 1. The van der Waals surface area contributed by atoms with Gasteiger partial charge < -0.3 is 5.11 Å². The molecule has 2 aromatic carbocycles. The molecule has 0 bridgehead atoms. The van der Waals surface area contributed by atoms with Gasteiger partial charge in [-0.3, -0.25) is 0 Å². The summed E-state index contributed by atoms with van der Waals surface area (Å²) in [5.74, 6) is 0.321. The van der Waals surface area contributed by atoms with Crippen molar-refractivity contribution in [3.05, 3.63) is 65.7 Å². The van der Waals surface area contributed by atoms with Gasteiger partial charge in [-0.25, -0.2) is 8.42 Å². The molecule has 3 atom stereocenters. The smallest absolute Gasteiger partial charge is 0.243 e. The largest absolute Gasteiger partial charge is 0.390 e. The molecular weight excluding hydrogens is 418 g/mol. The van der Waals surface area contributed by atoms with Crippen LogP contribution in [0, 0.1) is 11.3 Å². The summed E-state index contributed by atoms with van der Waals surface area (Å²) in [4.78, 5) is 0.376. The average Bonchev–Trinajstić information content (AvgIpc) is 2.73. The minimum Gasteiger partial charge on any atom is -0.390 e. The lowest BCUT2D eigenvalue weighted by molar-refractivity contribution is -0.0798. The van der Waals surface area contributed by atoms with E-state index in [9.17, 15) is 13.5 Å². The molecule has 1 saturated carbocycles. The Morgan fingerprint density at radius 3 is 2.31 bits per heavy atom. The minimum absolute atomic E-state index is 0.0145. The summed E-state index contributed by atoms with van der Waals surface area (Å²) < 4.78 is 28.9. The van der Waals surface area contributed by atoms with E-state index in [-0.39, 0.29) is 10.8 Å². The van der Waals surface area contributed by atoms with Crippen LogP contribution in [0.2, 0.25) is 0 Å². The van der Waals surface area contributed by atoms with Gasteiger partial charge in [0.25, 0.3) is 0 Å². The monoisotopic (exact) mass is 455 g/mol. The first-order valence-electron chi connectivity index (χ1n) is 11.8. The molecule has 0 aromatic heterocycles. The maximum absolute atomic E-state index is 13.6. The van der Waals surface area contributed by atoms with Gasteiger partial charge in [0.15, 0.2) is 0 Å². The number of nitrogens with zero attached hydrogens (tertiary/aromatic N) is 1. The molecule has 4 rings (SSSR count). The van der Waals surface area contributed by atoms with Crippen molar-refractivity contribution in [3.63, 3.8) is 0 Å². The van der Waals surface area contributed by atoms with Crippen LogP contribution in [0.1, 0.15) is 64.5 Å². The molecule has 174 valence electrons. The van der Waals surface area contributed by atoms with Gasteiger partial charge in [0.1, 0.15) is 0 Å². The first-order chi connectivity index (χ1) is 14.9. The summed E-state index contributed by atoms with van der Waals surface area (Å²) in [6.45, 7) is 9.36. The van der Waals surface area contributed by atoms with Crippen molar-refractivity contribution in [1.29, 1.82) is 0 Å². The van der Waals surface area contributed by atoms with E-state index in [1.165, 1.54) is 5.56 Å². The van der Waals surface area contributed by atoms with Crippen LogP contribution in [0.25, 0.3) is 0 Å². The third kappa shape index (κ3) is 4.66. The van der Waals surface area contributed by atoms with E-state index >= 15 is 0 Å². The molecule has 0 amide bonds. The molecule has 5 heteroatoms.